The average molecular weight is 467 g/mol. The molecule has 1 fully saturated rings. The number of nitrogens with one attached hydrogen (secondary N) is 2. The minimum atomic E-state index is -4.76. The fourth-order valence-electron chi connectivity index (χ4n) is 3.34. The third-order valence-corrected chi connectivity index (χ3v) is 5.41. The molecule has 32 heavy (non-hydrogen) atoms. The number of nitrogens with zero attached hydrogens (tertiary/aromatic N) is 3. The molecular weight excluding hydrogens is 445 g/mol. The van der Waals surface area contributed by atoms with Gasteiger partial charge in [0.1, 0.15) is 35.9 Å². The summed E-state index contributed by atoms with van der Waals surface area (Å²) in [5.41, 5.74) is 2.63. The van der Waals surface area contributed by atoms with Gasteiger partial charge in [0.15, 0.2) is 11.5 Å². The van der Waals surface area contributed by atoms with Gasteiger partial charge in [0.2, 0.25) is 6.29 Å². The highest BCUT2D eigenvalue weighted by Gasteiger charge is 2.45. The summed E-state index contributed by atoms with van der Waals surface area (Å²) >= 11 is 0. The van der Waals surface area contributed by atoms with E-state index in [1.165, 1.54) is 12.7 Å². The largest absolute Gasteiger partial charge is 0.469 e. The molecule has 6 N–H and O–H groups in total. The van der Waals surface area contributed by atoms with E-state index in [2.05, 4.69) is 29.8 Å². The number of para-hydroxylation sites is 1. The molecule has 0 bridgehead atoms. The number of aryl methyl sites for hydroxylation is 1. The van der Waals surface area contributed by atoms with Crippen molar-refractivity contribution in [3.63, 3.8) is 0 Å². The van der Waals surface area contributed by atoms with Gasteiger partial charge in [-0.15, -0.1) is 0 Å². The summed E-state index contributed by atoms with van der Waals surface area (Å²) < 4.78 is 26.6. The van der Waals surface area contributed by atoms with Gasteiger partial charge in [0, 0.05) is 12.1 Å². The summed E-state index contributed by atoms with van der Waals surface area (Å²) in [4.78, 5) is 33.0. The second kappa shape index (κ2) is 9.08. The summed E-state index contributed by atoms with van der Waals surface area (Å²) in [6.07, 6.45) is -2.44. The predicted octanol–water partition coefficient (Wildman–Crippen LogP) is 0.208. The van der Waals surface area contributed by atoms with Crippen molar-refractivity contribution < 1.29 is 38.6 Å². The number of imidazole rings is 1. The molecule has 1 aromatic carbocycles. The van der Waals surface area contributed by atoms with Gasteiger partial charge in [0.25, 0.3) is 0 Å². The van der Waals surface area contributed by atoms with Crippen LogP contribution in [0.3, 0.4) is 0 Å². The van der Waals surface area contributed by atoms with Gasteiger partial charge < -0.3 is 39.8 Å². The van der Waals surface area contributed by atoms with Crippen LogP contribution >= 0.6 is 7.82 Å². The van der Waals surface area contributed by atoms with E-state index in [0.29, 0.717) is 29.3 Å². The van der Waals surface area contributed by atoms with Crippen molar-refractivity contribution in [3.05, 3.63) is 42.0 Å². The molecule has 4 atom stereocenters. The fraction of sp³-hybridized carbons (Fsp3) is 0.389. The van der Waals surface area contributed by atoms with Gasteiger partial charge in [-0.2, -0.15) is 0 Å². The molecule has 13 nitrogen and oxygen atoms in total. The molecule has 4 rings (SSSR count). The van der Waals surface area contributed by atoms with Crippen LogP contribution in [-0.4, -0.2) is 71.1 Å². The zero-order chi connectivity index (χ0) is 22.9. The number of H-pyrrole nitrogens is 1. The molecule has 172 valence electrons. The van der Waals surface area contributed by atoms with Crippen LogP contribution in [0.2, 0.25) is 0 Å². The number of hydrogen-bond donors (Lipinski definition) is 6. The maximum Gasteiger partial charge on any atom is 0.469 e. The Balaban J connectivity index is 1.48. The van der Waals surface area contributed by atoms with Crippen molar-refractivity contribution in [3.8, 4) is 5.75 Å². The van der Waals surface area contributed by atoms with E-state index < -0.39 is 39.0 Å². The van der Waals surface area contributed by atoms with Gasteiger partial charge in [-0.25, -0.2) is 19.5 Å². The van der Waals surface area contributed by atoms with Crippen LogP contribution in [0.25, 0.3) is 11.2 Å². The topological polar surface area (TPSA) is 192 Å². The summed E-state index contributed by atoms with van der Waals surface area (Å²) in [5.74, 6) is 0.963. The first-order chi connectivity index (χ1) is 15.2. The molecule has 1 unspecified atom stereocenters. The maximum absolute atomic E-state index is 10.9. The lowest BCUT2D eigenvalue weighted by atomic mass is 10.1. The van der Waals surface area contributed by atoms with E-state index >= 15 is 0 Å². The Morgan fingerprint density at radius 1 is 1.22 bits per heavy atom. The van der Waals surface area contributed by atoms with Crippen molar-refractivity contribution in [2.45, 2.75) is 38.1 Å². The number of anilines is 1. The first-order valence-corrected chi connectivity index (χ1v) is 11.1. The number of aromatic nitrogens is 4. The van der Waals surface area contributed by atoms with E-state index in [4.69, 9.17) is 19.3 Å². The fourth-order valence-corrected chi connectivity index (χ4v) is 3.68. The Morgan fingerprint density at radius 3 is 2.81 bits per heavy atom. The SMILES string of the molecule is Cc1cccc(CNc2ncnc3nc[nH]c23)c1OC1O[C@H](COP(=O)(O)O)[C@@H](O)[C@H]1O. The third-order valence-electron chi connectivity index (χ3n) is 4.92. The lowest BCUT2D eigenvalue weighted by molar-refractivity contribution is -0.116. The molecule has 1 aliphatic rings. The number of aliphatic hydroxyl groups is 2. The Bertz CT molecular complexity index is 1140. The van der Waals surface area contributed by atoms with E-state index in [1.807, 2.05) is 25.1 Å². The van der Waals surface area contributed by atoms with Gasteiger partial charge >= 0.3 is 7.82 Å². The average Bonchev–Trinajstić information content (AvgIpc) is 3.33. The highest BCUT2D eigenvalue weighted by Crippen LogP contribution is 2.37. The number of phosphoric acid groups is 1. The Morgan fingerprint density at radius 2 is 2.03 bits per heavy atom. The van der Waals surface area contributed by atoms with E-state index in [1.54, 1.807) is 0 Å². The Kier molecular flexibility index (Phi) is 6.40. The third kappa shape index (κ3) is 4.89. The van der Waals surface area contributed by atoms with Crippen LogP contribution in [0.1, 0.15) is 11.1 Å². The monoisotopic (exact) mass is 467 g/mol. The summed E-state index contributed by atoms with van der Waals surface area (Å²) in [5, 5.41) is 23.6. The molecule has 0 saturated carbocycles. The summed E-state index contributed by atoms with van der Waals surface area (Å²) in [6, 6.07) is 5.46. The van der Waals surface area contributed by atoms with Crippen molar-refractivity contribution in [1.82, 2.24) is 19.9 Å². The zero-order valence-electron chi connectivity index (χ0n) is 16.8. The number of phosphoric ester groups is 1. The number of aromatic amines is 1. The van der Waals surface area contributed by atoms with Crippen molar-refractivity contribution in [2.75, 3.05) is 11.9 Å². The first-order valence-electron chi connectivity index (χ1n) is 9.57. The molecular formula is C18H22N5O8P. The highest BCUT2D eigenvalue weighted by molar-refractivity contribution is 7.46. The van der Waals surface area contributed by atoms with Crippen LogP contribution in [0.15, 0.2) is 30.9 Å². The van der Waals surface area contributed by atoms with Crippen LogP contribution in [-0.2, 0) is 20.4 Å². The van der Waals surface area contributed by atoms with E-state index in [-0.39, 0.29) is 0 Å². The summed E-state index contributed by atoms with van der Waals surface area (Å²) in [6.45, 7) is 1.50. The quantitative estimate of drug-likeness (QED) is 0.247. The lowest BCUT2D eigenvalue weighted by Crippen LogP contribution is -2.36. The number of hydrogen-bond acceptors (Lipinski definition) is 10. The second-order valence-electron chi connectivity index (χ2n) is 7.17. The predicted molar refractivity (Wildman–Crippen MR) is 109 cm³/mol. The van der Waals surface area contributed by atoms with Crippen LogP contribution in [0.5, 0.6) is 5.75 Å². The minimum Gasteiger partial charge on any atom is -0.461 e. The lowest BCUT2D eigenvalue weighted by Gasteiger charge is -2.21. The highest BCUT2D eigenvalue weighted by atomic mass is 31.2. The Hall–Kier alpha value is -2.64. The van der Waals surface area contributed by atoms with E-state index in [9.17, 15) is 14.8 Å². The van der Waals surface area contributed by atoms with Gasteiger partial charge in [-0.05, 0) is 12.5 Å². The van der Waals surface area contributed by atoms with Crippen LogP contribution < -0.4 is 10.1 Å². The van der Waals surface area contributed by atoms with E-state index in [0.717, 1.165) is 11.1 Å². The van der Waals surface area contributed by atoms with Gasteiger partial charge in [-0.3, -0.25) is 4.52 Å². The molecule has 0 amide bonds. The van der Waals surface area contributed by atoms with Gasteiger partial charge in [-0.1, -0.05) is 18.2 Å². The van der Waals surface area contributed by atoms with Crippen molar-refractivity contribution in [1.29, 1.82) is 0 Å². The first kappa shape index (κ1) is 22.6. The standard InChI is InChI=1S/C18H22N5O8P/c1-9-3-2-4-10(5-19-16-12-17(21-7-20-12)23-8-22-16)15(9)31-18-14(25)13(24)11(30-18)6-29-32(26,27)28/h2-4,7-8,11,13-14,18,24-25H,5-6H2,1H3,(H2,26,27,28)(H2,19,20,21,22,23)/t11-,13-,14-,18?/m1/s1. The van der Waals surface area contributed by atoms with Crippen molar-refractivity contribution >= 4 is 24.8 Å². The molecule has 1 saturated heterocycles. The maximum atomic E-state index is 10.9. The van der Waals surface area contributed by atoms with Crippen LogP contribution in [0, 0.1) is 6.92 Å². The van der Waals surface area contributed by atoms with Crippen molar-refractivity contribution in [2.24, 2.45) is 0 Å². The molecule has 3 aromatic rings. The van der Waals surface area contributed by atoms with Gasteiger partial charge in [0.05, 0.1) is 12.9 Å². The molecule has 14 heteroatoms. The number of ether oxygens (including phenoxy) is 2. The second-order valence-corrected chi connectivity index (χ2v) is 8.41. The molecule has 1 aliphatic heterocycles. The molecule has 2 aromatic heterocycles. The smallest absolute Gasteiger partial charge is 0.461 e. The molecule has 0 aliphatic carbocycles. The normalized spacial score (nSPS) is 23.5. The molecule has 0 radical (unpaired) electrons. The Labute approximate surface area is 181 Å². The number of rotatable bonds is 8. The number of benzene rings is 1. The molecule has 3 heterocycles. The summed E-state index contributed by atoms with van der Waals surface area (Å²) in [7, 11) is -4.76. The number of aliphatic hydroxyl groups excluding tert-OH is 2. The molecule has 0 spiro atoms. The number of fused-ring (bicyclic) bond motifs is 1. The van der Waals surface area contributed by atoms with Crippen LogP contribution in [0.4, 0.5) is 5.82 Å². The zero-order valence-corrected chi connectivity index (χ0v) is 17.7. The minimum absolute atomic E-state index is 0.304.